The average Bonchev–Trinajstić information content (AvgIpc) is 3.16. The van der Waals surface area contributed by atoms with Gasteiger partial charge in [0.15, 0.2) is 5.06 Å². The molecule has 0 spiro atoms. The first-order valence-electron chi connectivity index (χ1n) is 9.58. The number of carbonyl (C=O) groups is 1. The van der Waals surface area contributed by atoms with Gasteiger partial charge in [0.05, 0.1) is 13.2 Å². The van der Waals surface area contributed by atoms with E-state index in [1.807, 2.05) is 12.1 Å². The number of esters is 1. The largest absolute Gasteiger partial charge is 0.484 e. The van der Waals surface area contributed by atoms with Crippen LogP contribution in [0.5, 0.6) is 5.06 Å². The Morgan fingerprint density at radius 3 is 2.20 bits per heavy atom. The van der Waals surface area contributed by atoms with Crippen molar-refractivity contribution >= 4 is 38.0 Å². The second kappa shape index (κ2) is 11.5. The quantitative estimate of drug-likeness (QED) is 0.275. The Labute approximate surface area is 159 Å². The van der Waals surface area contributed by atoms with Gasteiger partial charge in [-0.05, 0) is 18.9 Å². The highest BCUT2D eigenvalue weighted by Crippen LogP contribution is 2.37. The van der Waals surface area contributed by atoms with Gasteiger partial charge in [-0.2, -0.15) is 0 Å². The Balaban J connectivity index is 1.73. The molecule has 0 bridgehead atoms. The third kappa shape index (κ3) is 6.98. The maximum absolute atomic E-state index is 12.1. The van der Waals surface area contributed by atoms with Crippen molar-refractivity contribution in [3.63, 3.8) is 0 Å². The number of hydrogen-bond acceptors (Lipinski definition) is 5. The summed E-state index contributed by atoms with van der Waals surface area (Å²) >= 11 is 3.12. The van der Waals surface area contributed by atoms with Crippen molar-refractivity contribution in [1.29, 1.82) is 0 Å². The molecule has 2 heterocycles. The highest BCUT2D eigenvalue weighted by atomic mass is 32.1. The molecule has 3 nitrogen and oxygen atoms in total. The first kappa shape index (κ1) is 20.2. The molecule has 0 fully saturated rings. The summed E-state index contributed by atoms with van der Waals surface area (Å²) in [7, 11) is 0. The lowest BCUT2D eigenvalue weighted by Gasteiger charge is -2.03. The molecular weight excluding hydrogens is 352 g/mol. The Hall–Kier alpha value is -1.07. The van der Waals surface area contributed by atoms with Gasteiger partial charge in [0.1, 0.15) is 4.88 Å². The predicted octanol–water partition coefficient (Wildman–Crippen LogP) is 7.05. The Bertz CT molecular complexity index is 598. The minimum atomic E-state index is -0.189. The van der Waals surface area contributed by atoms with Gasteiger partial charge in [-0.1, -0.05) is 70.1 Å². The normalized spacial score (nSPS) is 11.1. The average molecular weight is 383 g/mol. The summed E-state index contributed by atoms with van der Waals surface area (Å²) in [6.07, 6.45) is 10.7. The first-order valence-corrected chi connectivity index (χ1v) is 11.2. The van der Waals surface area contributed by atoms with Gasteiger partial charge in [-0.3, -0.25) is 0 Å². The summed E-state index contributed by atoms with van der Waals surface area (Å²) in [6, 6.07) is 3.99. The fourth-order valence-corrected chi connectivity index (χ4v) is 4.78. The number of ether oxygens (including phenoxy) is 2. The third-order valence-electron chi connectivity index (χ3n) is 4.11. The summed E-state index contributed by atoms with van der Waals surface area (Å²) < 4.78 is 13.4. The number of hydrogen-bond donors (Lipinski definition) is 0. The van der Waals surface area contributed by atoms with E-state index in [-0.39, 0.29) is 5.97 Å². The van der Waals surface area contributed by atoms with Gasteiger partial charge in [0.25, 0.3) is 0 Å². The lowest BCUT2D eigenvalue weighted by molar-refractivity contribution is 0.0503. The zero-order valence-corrected chi connectivity index (χ0v) is 17.1. The van der Waals surface area contributed by atoms with Crippen LogP contribution in [0.2, 0.25) is 0 Å². The molecule has 0 aliphatic heterocycles. The lowest BCUT2D eigenvalue weighted by atomic mass is 10.2. The molecule has 0 saturated carbocycles. The van der Waals surface area contributed by atoms with Crippen molar-refractivity contribution in [2.24, 2.45) is 0 Å². The summed E-state index contributed by atoms with van der Waals surface area (Å²) in [6.45, 7) is 5.72. The number of thiophene rings is 2. The van der Waals surface area contributed by atoms with E-state index < -0.39 is 0 Å². The summed E-state index contributed by atoms with van der Waals surface area (Å²) in [5.41, 5.74) is 0. The molecule has 0 aliphatic rings. The maximum atomic E-state index is 12.1. The van der Waals surface area contributed by atoms with E-state index in [2.05, 4.69) is 13.8 Å². The van der Waals surface area contributed by atoms with Crippen LogP contribution in [0.15, 0.2) is 12.1 Å². The van der Waals surface area contributed by atoms with Gasteiger partial charge in [-0.25, -0.2) is 4.79 Å². The second-order valence-corrected chi connectivity index (χ2v) is 8.49. The van der Waals surface area contributed by atoms with Crippen LogP contribution in [0.3, 0.4) is 0 Å². The van der Waals surface area contributed by atoms with Crippen LogP contribution in [0.25, 0.3) is 9.40 Å². The molecule has 0 saturated heterocycles. The lowest BCUT2D eigenvalue weighted by Crippen LogP contribution is -2.04. The van der Waals surface area contributed by atoms with Crippen molar-refractivity contribution in [3.05, 3.63) is 17.0 Å². The van der Waals surface area contributed by atoms with Crippen LogP contribution in [0, 0.1) is 0 Å². The SMILES string of the molecule is CCCCCCCOC(=O)c1cc2sc(OCCCCCC)cc2s1. The van der Waals surface area contributed by atoms with E-state index in [1.165, 1.54) is 49.9 Å². The summed E-state index contributed by atoms with van der Waals surface area (Å²) in [5, 5.41) is 0.952. The smallest absolute Gasteiger partial charge is 0.348 e. The molecule has 5 heteroatoms. The van der Waals surface area contributed by atoms with E-state index in [0.717, 1.165) is 40.3 Å². The number of rotatable bonds is 13. The second-order valence-electron chi connectivity index (χ2n) is 6.36. The fraction of sp³-hybridized carbons (Fsp3) is 0.650. The van der Waals surface area contributed by atoms with E-state index in [1.54, 1.807) is 11.3 Å². The van der Waals surface area contributed by atoms with E-state index >= 15 is 0 Å². The molecule has 2 rings (SSSR count). The van der Waals surface area contributed by atoms with Crippen molar-refractivity contribution in [3.8, 4) is 5.06 Å². The van der Waals surface area contributed by atoms with Gasteiger partial charge in [0.2, 0.25) is 0 Å². The molecule has 140 valence electrons. The van der Waals surface area contributed by atoms with Crippen LogP contribution < -0.4 is 4.74 Å². The van der Waals surface area contributed by atoms with Crippen LogP contribution in [-0.4, -0.2) is 19.2 Å². The Kier molecular flexibility index (Phi) is 9.33. The fourth-order valence-electron chi connectivity index (χ4n) is 2.63. The third-order valence-corrected chi connectivity index (χ3v) is 6.29. The predicted molar refractivity (Wildman–Crippen MR) is 108 cm³/mol. The molecule has 0 amide bonds. The molecule has 0 unspecified atom stereocenters. The van der Waals surface area contributed by atoms with Crippen LogP contribution in [0.1, 0.15) is 81.3 Å². The van der Waals surface area contributed by atoms with Crippen molar-refractivity contribution in [1.82, 2.24) is 0 Å². The minimum absolute atomic E-state index is 0.189. The molecular formula is C20H30O3S2. The molecule has 0 aromatic carbocycles. The maximum Gasteiger partial charge on any atom is 0.348 e. The molecule has 25 heavy (non-hydrogen) atoms. The van der Waals surface area contributed by atoms with Crippen LogP contribution in [-0.2, 0) is 4.74 Å². The molecule has 0 radical (unpaired) electrons. The van der Waals surface area contributed by atoms with Crippen molar-refractivity contribution in [2.45, 2.75) is 71.6 Å². The van der Waals surface area contributed by atoms with Crippen molar-refractivity contribution < 1.29 is 14.3 Å². The van der Waals surface area contributed by atoms with Gasteiger partial charge in [0, 0.05) is 15.5 Å². The topological polar surface area (TPSA) is 35.5 Å². The standard InChI is InChI=1S/C20H30O3S2/c1-3-5-7-9-11-13-23-20(21)18-14-16-17(24-18)15-19(25-16)22-12-10-8-6-4-2/h14-15H,3-13H2,1-2H3. The molecule has 0 aliphatic carbocycles. The van der Waals surface area contributed by atoms with Gasteiger partial charge >= 0.3 is 5.97 Å². The van der Waals surface area contributed by atoms with E-state index in [0.29, 0.717) is 11.5 Å². The van der Waals surface area contributed by atoms with E-state index in [4.69, 9.17) is 9.47 Å². The van der Waals surface area contributed by atoms with Crippen LogP contribution >= 0.6 is 22.7 Å². The van der Waals surface area contributed by atoms with Gasteiger partial charge < -0.3 is 9.47 Å². The number of carbonyl (C=O) groups excluding carboxylic acids is 1. The zero-order valence-electron chi connectivity index (χ0n) is 15.5. The summed E-state index contributed by atoms with van der Waals surface area (Å²) in [4.78, 5) is 12.8. The van der Waals surface area contributed by atoms with E-state index in [9.17, 15) is 4.79 Å². The molecule has 0 N–H and O–H groups in total. The molecule has 2 aromatic heterocycles. The highest BCUT2D eigenvalue weighted by molar-refractivity contribution is 7.29. The minimum Gasteiger partial charge on any atom is -0.484 e. The number of fused-ring (bicyclic) bond motifs is 1. The van der Waals surface area contributed by atoms with Gasteiger partial charge in [-0.15, -0.1) is 11.3 Å². The highest BCUT2D eigenvalue weighted by Gasteiger charge is 2.14. The first-order chi connectivity index (χ1) is 12.2. The zero-order chi connectivity index (χ0) is 17.9. The monoisotopic (exact) mass is 382 g/mol. The Morgan fingerprint density at radius 1 is 0.840 bits per heavy atom. The summed E-state index contributed by atoms with van der Waals surface area (Å²) in [5.74, 6) is -0.189. The molecule has 2 aromatic rings. The number of unbranched alkanes of at least 4 members (excludes halogenated alkanes) is 7. The van der Waals surface area contributed by atoms with Crippen molar-refractivity contribution in [2.75, 3.05) is 13.2 Å². The Morgan fingerprint density at radius 2 is 1.48 bits per heavy atom. The molecule has 0 atom stereocenters. The van der Waals surface area contributed by atoms with Crippen LogP contribution in [0.4, 0.5) is 0 Å².